The van der Waals surface area contributed by atoms with E-state index in [4.69, 9.17) is 23.2 Å². The molecule has 1 unspecified atom stereocenters. The number of hydrogen-bond acceptors (Lipinski definition) is 4. The van der Waals surface area contributed by atoms with Crippen molar-refractivity contribution in [2.24, 2.45) is 0 Å². The van der Waals surface area contributed by atoms with Crippen LogP contribution in [0.3, 0.4) is 0 Å². The van der Waals surface area contributed by atoms with Crippen LogP contribution in [0.4, 0.5) is 5.69 Å². The molecule has 1 atom stereocenters. The topological polar surface area (TPSA) is 86.8 Å². The molecule has 41 heavy (non-hydrogen) atoms. The number of nitrogens with zero attached hydrogens (tertiary/aromatic N) is 2. The molecule has 3 rings (SSSR count). The number of carbonyl (C=O) groups is 2. The second-order valence-electron chi connectivity index (χ2n) is 9.60. The summed E-state index contributed by atoms with van der Waals surface area (Å²) in [5.74, 6) is -0.868. The molecule has 0 spiro atoms. The lowest BCUT2D eigenvalue weighted by atomic mass is 10.1. The van der Waals surface area contributed by atoms with Gasteiger partial charge in [-0.15, -0.1) is 0 Å². The van der Waals surface area contributed by atoms with Gasteiger partial charge in [-0.3, -0.25) is 13.9 Å². The fraction of sp³-hybridized carbons (Fsp3) is 0.355. The van der Waals surface area contributed by atoms with Crippen LogP contribution in [-0.2, 0) is 32.6 Å². The minimum atomic E-state index is -4.14. The fourth-order valence-electron chi connectivity index (χ4n) is 4.57. The number of benzene rings is 3. The number of anilines is 1. The summed E-state index contributed by atoms with van der Waals surface area (Å²) in [6.45, 7) is 5.64. The van der Waals surface area contributed by atoms with Gasteiger partial charge < -0.3 is 10.2 Å². The van der Waals surface area contributed by atoms with Crippen molar-refractivity contribution in [3.63, 3.8) is 0 Å². The standard InChI is InChI=1S/C31H37Cl2N3O4S/c1-4-7-20-34-31(38)28(6-3)35(21-25-26(32)17-13-18-27(25)33)30(37)22-36(29-19-12-11-14-23(29)5-2)41(39,40)24-15-9-8-10-16-24/h8-19,28H,4-7,20-22H2,1-3H3,(H,34,38). The molecule has 1 N–H and O–H groups in total. The van der Waals surface area contributed by atoms with Gasteiger partial charge in [0, 0.05) is 28.7 Å². The minimum absolute atomic E-state index is 0.0590. The molecule has 0 saturated carbocycles. The maximum absolute atomic E-state index is 14.2. The molecule has 0 radical (unpaired) electrons. The van der Waals surface area contributed by atoms with Gasteiger partial charge >= 0.3 is 0 Å². The van der Waals surface area contributed by atoms with E-state index in [2.05, 4.69) is 5.32 Å². The molecule has 0 aliphatic heterocycles. The van der Waals surface area contributed by atoms with E-state index in [-0.39, 0.29) is 17.3 Å². The molecule has 2 amide bonds. The summed E-state index contributed by atoms with van der Waals surface area (Å²) in [5.41, 5.74) is 1.66. The lowest BCUT2D eigenvalue weighted by Crippen LogP contribution is -2.52. The predicted octanol–water partition coefficient (Wildman–Crippen LogP) is 6.47. The second-order valence-corrected chi connectivity index (χ2v) is 12.3. The summed E-state index contributed by atoms with van der Waals surface area (Å²) in [6, 6.07) is 19.3. The maximum atomic E-state index is 14.2. The SMILES string of the molecule is CCCCNC(=O)C(CC)N(Cc1c(Cl)cccc1Cl)C(=O)CN(c1ccccc1CC)S(=O)(=O)c1ccccc1. The van der Waals surface area contributed by atoms with Crippen LogP contribution in [0.25, 0.3) is 0 Å². The van der Waals surface area contributed by atoms with E-state index in [0.717, 1.165) is 22.7 Å². The molecular formula is C31H37Cl2N3O4S. The van der Waals surface area contributed by atoms with Crippen molar-refractivity contribution in [1.82, 2.24) is 10.2 Å². The van der Waals surface area contributed by atoms with E-state index >= 15 is 0 Å². The van der Waals surface area contributed by atoms with Crippen molar-refractivity contribution in [3.05, 3.63) is 94.0 Å². The van der Waals surface area contributed by atoms with Crippen LogP contribution < -0.4 is 9.62 Å². The maximum Gasteiger partial charge on any atom is 0.264 e. The van der Waals surface area contributed by atoms with Gasteiger partial charge in [-0.25, -0.2) is 8.42 Å². The third-order valence-electron chi connectivity index (χ3n) is 6.86. The van der Waals surface area contributed by atoms with Gasteiger partial charge in [0.15, 0.2) is 0 Å². The first-order valence-corrected chi connectivity index (χ1v) is 16.0. The van der Waals surface area contributed by atoms with Crippen LogP contribution >= 0.6 is 23.2 Å². The molecule has 0 heterocycles. The molecule has 0 fully saturated rings. The summed E-state index contributed by atoms with van der Waals surface area (Å²) < 4.78 is 29.1. The van der Waals surface area contributed by atoms with Crippen LogP contribution in [-0.4, -0.2) is 44.3 Å². The van der Waals surface area contributed by atoms with Gasteiger partial charge in [-0.1, -0.05) is 92.9 Å². The van der Waals surface area contributed by atoms with E-state index in [0.29, 0.717) is 40.7 Å². The Morgan fingerprint density at radius 3 is 2.12 bits per heavy atom. The van der Waals surface area contributed by atoms with Gasteiger partial charge in [-0.2, -0.15) is 0 Å². The number of para-hydroxylation sites is 1. The minimum Gasteiger partial charge on any atom is -0.354 e. The first kappa shape index (κ1) is 32.4. The zero-order valence-corrected chi connectivity index (χ0v) is 26.0. The number of carbonyl (C=O) groups excluding carboxylic acids is 2. The quantitative estimate of drug-likeness (QED) is 0.210. The highest BCUT2D eigenvalue weighted by atomic mass is 35.5. The fourth-order valence-corrected chi connectivity index (χ4v) is 6.56. The lowest BCUT2D eigenvalue weighted by molar-refractivity contribution is -0.140. The Morgan fingerprint density at radius 1 is 0.878 bits per heavy atom. The normalized spacial score (nSPS) is 12.0. The van der Waals surface area contributed by atoms with E-state index in [1.165, 1.54) is 17.0 Å². The van der Waals surface area contributed by atoms with Crippen molar-refractivity contribution in [2.75, 3.05) is 17.4 Å². The van der Waals surface area contributed by atoms with Crippen LogP contribution in [0.1, 0.15) is 51.2 Å². The van der Waals surface area contributed by atoms with E-state index in [9.17, 15) is 18.0 Å². The average Bonchev–Trinajstić information content (AvgIpc) is 2.97. The first-order valence-electron chi connectivity index (χ1n) is 13.8. The van der Waals surface area contributed by atoms with Gasteiger partial charge in [0.2, 0.25) is 11.8 Å². The van der Waals surface area contributed by atoms with Crippen LogP contribution in [0.2, 0.25) is 10.0 Å². The highest BCUT2D eigenvalue weighted by Crippen LogP contribution is 2.30. The van der Waals surface area contributed by atoms with Crippen molar-refractivity contribution in [2.45, 2.75) is 63.9 Å². The van der Waals surface area contributed by atoms with Crippen LogP contribution in [0.5, 0.6) is 0 Å². The molecule has 0 aliphatic carbocycles. The predicted molar refractivity (Wildman–Crippen MR) is 166 cm³/mol. The van der Waals surface area contributed by atoms with E-state index in [1.807, 2.05) is 32.9 Å². The molecule has 3 aromatic carbocycles. The molecule has 0 bridgehead atoms. The molecule has 0 aliphatic rings. The lowest BCUT2D eigenvalue weighted by Gasteiger charge is -2.34. The van der Waals surface area contributed by atoms with Crippen molar-refractivity contribution in [1.29, 1.82) is 0 Å². The van der Waals surface area contributed by atoms with Gasteiger partial charge in [-0.05, 0) is 55.2 Å². The first-order chi connectivity index (χ1) is 19.6. The Balaban J connectivity index is 2.10. The molecule has 7 nitrogen and oxygen atoms in total. The Morgan fingerprint density at radius 2 is 1.51 bits per heavy atom. The van der Waals surface area contributed by atoms with Crippen LogP contribution in [0, 0.1) is 0 Å². The number of amides is 2. The number of rotatable bonds is 14. The number of hydrogen-bond donors (Lipinski definition) is 1. The molecule has 10 heteroatoms. The zero-order valence-electron chi connectivity index (χ0n) is 23.6. The molecule has 0 saturated heterocycles. The van der Waals surface area contributed by atoms with Crippen LogP contribution in [0.15, 0.2) is 77.7 Å². The number of sulfonamides is 1. The Kier molecular flexibility index (Phi) is 12.1. The third-order valence-corrected chi connectivity index (χ3v) is 9.34. The number of unbranched alkanes of at least 4 members (excludes halogenated alkanes) is 1. The molecular weight excluding hydrogens is 581 g/mol. The monoisotopic (exact) mass is 617 g/mol. The van der Waals surface area contributed by atoms with Crippen molar-refractivity contribution < 1.29 is 18.0 Å². The Hall–Kier alpha value is -3.07. The second kappa shape index (κ2) is 15.2. The molecule has 3 aromatic rings. The van der Waals surface area contributed by atoms with Gasteiger partial charge in [0.05, 0.1) is 10.6 Å². The zero-order chi connectivity index (χ0) is 30.0. The Bertz CT molecular complexity index is 1410. The largest absolute Gasteiger partial charge is 0.354 e. The number of halogens is 2. The van der Waals surface area contributed by atoms with E-state index in [1.54, 1.807) is 48.5 Å². The molecule has 0 aromatic heterocycles. The van der Waals surface area contributed by atoms with Crippen molar-refractivity contribution in [3.8, 4) is 0 Å². The summed E-state index contributed by atoms with van der Waals surface area (Å²) in [5, 5.41) is 3.61. The van der Waals surface area contributed by atoms with Crippen molar-refractivity contribution >= 4 is 50.7 Å². The Labute approximate surface area is 253 Å². The molecule has 220 valence electrons. The average molecular weight is 619 g/mol. The summed E-state index contributed by atoms with van der Waals surface area (Å²) in [4.78, 5) is 29.0. The number of aryl methyl sites for hydroxylation is 1. The number of nitrogens with one attached hydrogen (secondary N) is 1. The van der Waals surface area contributed by atoms with Gasteiger partial charge in [0.1, 0.15) is 12.6 Å². The van der Waals surface area contributed by atoms with E-state index < -0.39 is 28.5 Å². The summed E-state index contributed by atoms with van der Waals surface area (Å²) in [6.07, 6.45) is 2.56. The highest BCUT2D eigenvalue weighted by molar-refractivity contribution is 7.92. The smallest absolute Gasteiger partial charge is 0.264 e. The highest BCUT2D eigenvalue weighted by Gasteiger charge is 2.34. The third kappa shape index (κ3) is 8.03. The summed E-state index contributed by atoms with van der Waals surface area (Å²) >= 11 is 12.9. The van der Waals surface area contributed by atoms with Gasteiger partial charge in [0.25, 0.3) is 10.0 Å². The summed E-state index contributed by atoms with van der Waals surface area (Å²) in [7, 11) is -4.14.